The van der Waals surface area contributed by atoms with E-state index >= 15 is 0 Å². The Balaban J connectivity index is 2.01. The quantitative estimate of drug-likeness (QED) is 0.744. The lowest BCUT2D eigenvalue weighted by Crippen LogP contribution is -2.04. The van der Waals surface area contributed by atoms with Crippen LogP contribution in [-0.4, -0.2) is 25.7 Å². The van der Waals surface area contributed by atoms with Crippen LogP contribution in [0.1, 0.15) is 28.5 Å². The van der Waals surface area contributed by atoms with Crippen molar-refractivity contribution in [3.63, 3.8) is 0 Å². The third-order valence-corrected chi connectivity index (χ3v) is 3.38. The third-order valence-electron chi connectivity index (χ3n) is 3.38. The fraction of sp³-hybridized carbons (Fsp3) is 0.188. The molecule has 3 aromatic rings. The maximum atomic E-state index is 11.7. The average Bonchev–Trinajstić information content (AvgIpc) is 2.87. The van der Waals surface area contributed by atoms with Gasteiger partial charge in [0.2, 0.25) is 0 Å². The molecular formula is C16H15N3O2. The van der Waals surface area contributed by atoms with Crippen LogP contribution in [0.2, 0.25) is 0 Å². The number of ketones is 1. The Kier molecular flexibility index (Phi) is 3.50. The van der Waals surface area contributed by atoms with Crippen molar-refractivity contribution in [3.05, 3.63) is 59.4 Å². The maximum Gasteiger partial charge on any atom is 0.180 e. The zero-order valence-electron chi connectivity index (χ0n) is 11.7. The van der Waals surface area contributed by atoms with E-state index in [1.54, 1.807) is 16.9 Å². The van der Waals surface area contributed by atoms with Gasteiger partial charge in [-0.1, -0.05) is 24.3 Å². The topological polar surface area (TPSA) is 68.0 Å². The van der Waals surface area contributed by atoms with E-state index in [1.165, 1.54) is 6.92 Å². The zero-order chi connectivity index (χ0) is 14.8. The van der Waals surface area contributed by atoms with Gasteiger partial charge in [-0.3, -0.25) is 4.79 Å². The summed E-state index contributed by atoms with van der Waals surface area (Å²) in [6.07, 6.45) is 1.69. The molecule has 0 fully saturated rings. The largest absolute Gasteiger partial charge is 0.392 e. The molecule has 0 spiro atoms. The Morgan fingerprint density at radius 2 is 1.90 bits per heavy atom. The zero-order valence-corrected chi connectivity index (χ0v) is 11.7. The van der Waals surface area contributed by atoms with E-state index < -0.39 is 0 Å². The van der Waals surface area contributed by atoms with Gasteiger partial charge in [0, 0.05) is 13.1 Å². The van der Waals surface area contributed by atoms with Crippen LogP contribution in [0.15, 0.2) is 42.6 Å². The number of hydrogen-bond acceptors (Lipinski definition) is 4. The van der Waals surface area contributed by atoms with Gasteiger partial charge in [0.05, 0.1) is 18.5 Å². The van der Waals surface area contributed by atoms with Gasteiger partial charge in [-0.25, -0.2) is 9.67 Å². The molecule has 2 aromatic heterocycles. The molecule has 0 aliphatic carbocycles. The van der Waals surface area contributed by atoms with Crippen molar-refractivity contribution in [2.45, 2.75) is 20.1 Å². The van der Waals surface area contributed by atoms with Crippen molar-refractivity contribution in [3.8, 4) is 0 Å². The highest BCUT2D eigenvalue weighted by atomic mass is 16.3. The van der Waals surface area contributed by atoms with E-state index in [1.807, 2.05) is 30.3 Å². The predicted octanol–water partition coefficient (Wildman–Crippen LogP) is 2.17. The monoisotopic (exact) mass is 281 g/mol. The molecule has 0 amide bonds. The summed E-state index contributed by atoms with van der Waals surface area (Å²) in [5.41, 5.74) is 3.06. The molecule has 0 aliphatic rings. The number of pyridine rings is 1. The van der Waals surface area contributed by atoms with Gasteiger partial charge >= 0.3 is 0 Å². The molecule has 106 valence electrons. The molecule has 0 unspecified atom stereocenters. The van der Waals surface area contributed by atoms with Gasteiger partial charge in [-0.2, -0.15) is 5.10 Å². The molecule has 0 atom stereocenters. The summed E-state index contributed by atoms with van der Waals surface area (Å²) in [4.78, 5) is 16.0. The summed E-state index contributed by atoms with van der Waals surface area (Å²) in [5, 5.41) is 14.2. The number of Topliss-reactive ketones (excluding diaryl/α,β-unsaturated/α-hetero) is 1. The Morgan fingerprint density at radius 1 is 1.19 bits per heavy atom. The summed E-state index contributed by atoms with van der Waals surface area (Å²) in [5.74, 6) is -0.0672. The summed E-state index contributed by atoms with van der Waals surface area (Å²) in [7, 11) is 0. The number of aromatic nitrogens is 3. The van der Waals surface area contributed by atoms with E-state index in [0.29, 0.717) is 17.9 Å². The predicted molar refractivity (Wildman–Crippen MR) is 79.0 cm³/mol. The van der Waals surface area contributed by atoms with Crippen molar-refractivity contribution in [2.24, 2.45) is 0 Å². The maximum absolute atomic E-state index is 11.7. The second-order valence-electron chi connectivity index (χ2n) is 4.91. The van der Waals surface area contributed by atoms with Crippen molar-refractivity contribution in [2.75, 3.05) is 0 Å². The first-order valence-corrected chi connectivity index (χ1v) is 6.70. The number of carbonyl (C=O) groups excluding carboxylic acids is 1. The Hall–Kier alpha value is -2.53. The average molecular weight is 281 g/mol. The first-order valence-electron chi connectivity index (χ1n) is 6.70. The van der Waals surface area contributed by atoms with Crippen LogP contribution in [0.4, 0.5) is 0 Å². The number of hydrogen-bond donors (Lipinski definition) is 1. The van der Waals surface area contributed by atoms with Crippen LogP contribution in [0, 0.1) is 0 Å². The SMILES string of the molecule is CC(=O)c1nn(Cc2ccc(CO)cc2)c2ncccc12. The molecule has 21 heavy (non-hydrogen) atoms. The number of fused-ring (bicyclic) bond motifs is 1. The lowest BCUT2D eigenvalue weighted by atomic mass is 10.1. The minimum atomic E-state index is -0.0672. The summed E-state index contributed by atoms with van der Waals surface area (Å²) >= 11 is 0. The molecule has 0 saturated carbocycles. The highest BCUT2D eigenvalue weighted by Gasteiger charge is 2.14. The minimum absolute atomic E-state index is 0.0288. The Labute approximate surface area is 121 Å². The van der Waals surface area contributed by atoms with Gasteiger partial charge in [-0.15, -0.1) is 0 Å². The lowest BCUT2D eigenvalue weighted by molar-refractivity contribution is 0.101. The molecule has 3 rings (SSSR count). The number of benzene rings is 1. The molecule has 0 radical (unpaired) electrons. The molecule has 2 heterocycles. The second kappa shape index (κ2) is 5.46. The summed E-state index contributed by atoms with van der Waals surface area (Å²) in [6.45, 7) is 2.07. The number of aliphatic hydroxyl groups excluding tert-OH is 1. The smallest absolute Gasteiger partial charge is 0.180 e. The van der Waals surface area contributed by atoms with Crippen molar-refractivity contribution >= 4 is 16.8 Å². The first kappa shape index (κ1) is 13.5. The van der Waals surface area contributed by atoms with Gasteiger partial charge in [-0.05, 0) is 23.3 Å². The molecule has 1 N–H and O–H groups in total. The molecule has 5 nitrogen and oxygen atoms in total. The number of nitrogens with zero attached hydrogens (tertiary/aromatic N) is 3. The van der Waals surface area contributed by atoms with Crippen molar-refractivity contribution in [1.82, 2.24) is 14.8 Å². The van der Waals surface area contributed by atoms with E-state index in [4.69, 9.17) is 5.11 Å². The Morgan fingerprint density at radius 3 is 2.57 bits per heavy atom. The third kappa shape index (κ3) is 2.55. The van der Waals surface area contributed by atoms with Gasteiger partial charge in [0.25, 0.3) is 0 Å². The number of carbonyl (C=O) groups is 1. The second-order valence-corrected chi connectivity index (χ2v) is 4.91. The highest BCUT2D eigenvalue weighted by molar-refractivity contribution is 6.03. The molecular weight excluding hydrogens is 266 g/mol. The minimum Gasteiger partial charge on any atom is -0.392 e. The number of rotatable bonds is 4. The van der Waals surface area contributed by atoms with Crippen molar-refractivity contribution in [1.29, 1.82) is 0 Å². The van der Waals surface area contributed by atoms with Crippen molar-refractivity contribution < 1.29 is 9.90 Å². The van der Waals surface area contributed by atoms with E-state index in [-0.39, 0.29) is 12.4 Å². The van der Waals surface area contributed by atoms with E-state index in [0.717, 1.165) is 16.5 Å². The first-order chi connectivity index (χ1) is 10.2. The summed E-state index contributed by atoms with van der Waals surface area (Å²) < 4.78 is 1.74. The van der Waals surface area contributed by atoms with Crippen LogP contribution < -0.4 is 0 Å². The van der Waals surface area contributed by atoms with Crippen LogP contribution in [0.5, 0.6) is 0 Å². The van der Waals surface area contributed by atoms with Crippen LogP contribution in [0.25, 0.3) is 11.0 Å². The number of aliphatic hydroxyl groups is 1. The van der Waals surface area contributed by atoms with E-state index in [2.05, 4.69) is 10.1 Å². The Bertz CT molecular complexity index is 791. The normalized spacial score (nSPS) is 11.0. The fourth-order valence-electron chi connectivity index (χ4n) is 2.30. The molecule has 5 heteroatoms. The summed E-state index contributed by atoms with van der Waals surface area (Å²) in [6, 6.07) is 11.3. The van der Waals surface area contributed by atoms with Crippen LogP contribution in [0.3, 0.4) is 0 Å². The molecule has 1 aromatic carbocycles. The van der Waals surface area contributed by atoms with Gasteiger partial charge in [0.1, 0.15) is 5.69 Å². The lowest BCUT2D eigenvalue weighted by Gasteiger charge is -2.04. The fourth-order valence-corrected chi connectivity index (χ4v) is 2.30. The standard InChI is InChI=1S/C16H15N3O2/c1-11(21)15-14-3-2-8-17-16(14)19(18-15)9-12-4-6-13(10-20)7-5-12/h2-8,20H,9-10H2,1H3. The van der Waals surface area contributed by atoms with Gasteiger partial charge in [0.15, 0.2) is 11.4 Å². The molecule has 0 aliphatic heterocycles. The van der Waals surface area contributed by atoms with Gasteiger partial charge < -0.3 is 5.11 Å². The molecule has 0 bridgehead atoms. The van der Waals surface area contributed by atoms with Crippen LogP contribution in [-0.2, 0) is 13.2 Å². The van der Waals surface area contributed by atoms with Crippen LogP contribution >= 0.6 is 0 Å². The highest BCUT2D eigenvalue weighted by Crippen LogP contribution is 2.18. The molecule has 0 saturated heterocycles. The van der Waals surface area contributed by atoms with E-state index in [9.17, 15) is 4.79 Å².